The van der Waals surface area contributed by atoms with Crippen molar-refractivity contribution in [2.75, 3.05) is 25.0 Å². The first-order valence-corrected chi connectivity index (χ1v) is 15.4. The molecule has 0 spiro atoms. The van der Waals surface area contributed by atoms with Gasteiger partial charge in [0.2, 0.25) is 0 Å². The van der Waals surface area contributed by atoms with Gasteiger partial charge in [-0.15, -0.1) is 0 Å². The SMILES string of the molecule is O=C(NCc1ccc([C@@H]2O[C@H](CN3CC[C@H](O)C3)C[C@H](c3ccc(CO)cc3)O2)cc1)Nc1ccc(Oc2ccccc2)cc1. The van der Waals surface area contributed by atoms with Gasteiger partial charge >= 0.3 is 6.03 Å². The van der Waals surface area contributed by atoms with Crippen LogP contribution in [0.15, 0.2) is 103 Å². The number of nitrogens with zero attached hydrogens (tertiary/aromatic N) is 1. The molecular formula is C36H39N3O6. The quantitative estimate of drug-likeness (QED) is 0.177. The number of benzene rings is 4. The zero-order chi connectivity index (χ0) is 31.0. The molecule has 0 aromatic heterocycles. The maximum Gasteiger partial charge on any atom is 0.319 e. The predicted octanol–water partition coefficient (Wildman–Crippen LogP) is 5.90. The van der Waals surface area contributed by atoms with E-state index in [1.54, 1.807) is 12.1 Å². The van der Waals surface area contributed by atoms with Crippen LogP contribution in [-0.4, -0.2) is 53.0 Å². The highest BCUT2D eigenvalue weighted by Gasteiger charge is 2.34. The predicted molar refractivity (Wildman–Crippen MR) is 171 cm³/mol. The van der Waals surface area contributed by atoms with Gasteiger partial charge in [-0.25, -0.2) is 4.79 Å². The number of likely N-dealkylation sites (tertiary alicyclic amines) is 1. The van der Waals surface area contributed by atoms with Crippen molar-refractivity contribution in [1.82, 2.24) is 10.2 Å². The molecule has 0 unspecified atom stereocenters. The van der Waals surface area contributed by atoms with E-state index in [4.69, 9.17) is 14.2 Å². The van der Waals surface area contributed by atoms with Crippen LogP contribution in [0.1, 0.15) is 47.5 Å². The topological polar surface area (TPSA) is 113 Å². The van der Waals surface area contributed by atoms with Crippen molar-refractivity contribution in [2.45, 2.75) is 50.6 Å². The fraction of sp³-hybridized carbons (Fsp3) is 0.306. The number of rotatable bonds is 10. The summed E-state index contributed by atoms with van der Waals surface area (Å²) in [5, 5.41) is 25.2. The second-order valence-electron chi connectivity index (χ2n) is 11.5. The molecule has 2 aliphatic heterocycles. The van der Waals surface area contributed by atoms with Gasteiger partial charge < -0.3 is 35.1 Å². The van der Waals surface area contributed by atoms with Crippen molar-refractivity contribution >= 4 is 11.7 Å². The Hall–Kier alpha value is -4.25. The van der Waals surface area contributed by atoms with Crippen LogP contribution < -0.4 is 15.4 Å². The number of nitrogens with one attached hydrogen (secondary N) is 2. The standard InChI is InChI=1S/C36H39N3O6/c40-24-26-8-10-27(11-9-26)34-20-33(23-39-19-18-30(41)22-39)44-35(45-34)28-12-6-25(7-13-28)21-37-36(42)38-29-14-16-32(17-15-29)43-31-4-2-1-3-5-31/h1-17,30,33-35,40-41H,18-24H2,(H2,37,38,42)/t30-,33-,34+,35+/m0/s1. The Morgan fingerprint density at radius 1 is 0.844 bits per heavy atom. The average molecular weight is 610 g/mol. The lowest BCUT2D eigenvalue weighted by molar-refractivity contribution is -0.252. The Kier molecular flexibility index (Phi) is 10.0. The van der Waals surface area contributed by atoms with Gasteiger partial charge in [-0.1, -0.05) is 66.7 Å². The number of hydrogen-bond donors (Lipinski definition) is 4. The maximum absolute atomic E-state index is 12.6. The van der Waals surface area contributed by atoms with Gasteiger partial charge in [0.05, 0.1) is 24.9 Å². The summed E-state index contributed by atoms with van der Waals surface area (Å²) in [5.41, 5.74) is 4.39. The number of urea groups is 1. The van der Waals surface area contributed by atoms with Gasteiger partial charge in [-0.05, 0) is 59.5 Å². The summed E-state index contributed by atoms with van der Waals surface area (Å²) >= 11 is 0. The number of hydrogen-bond acceptors (Lipinski definition) is 7. The van der Waals surface area contributed by atoms with Gasteiger partial charge in [0.25, 0.3) is 0 Å². The lowest BCUT2D eigenvalue weighted by Crippen LogP contribution is -2.38. The van der Waals surface area contributed by atoms with E-state index in [0.717, 1.165) is 47.5 Å². The summed E-state index contributed by atoms with van der Waals surface area (Å²) < 4.78 is 18.7. The van der Waals surface area contributed by atoms with Crippen molar-refractivity contribution in [1.29, 1.82) is 0 Å². The Morgan fingerprint density at radius 2 is 1.53 bits per heavy atom. The zero-order valence-electron chi connectivity index (χ0n) is 25.0. The van der Waals surface area contributed by atoms with E-state index >= 15 is 0 Å². The van der Waals surface area contributed by atoms with Crippen LogP contribution in [0.25, 0.3) is 0 Å². The van der Waals surface area contributed by atoms with Crippen molar-refractivity contribution < 1.29 is 29.2 Å². The molecule has 45 heavy (non-hydrogen) atoms. The van der Waals surface area contributed by atoms with Crippen LogP contribution in [0.2, 0.25) is 0 Å². The Balaban J connectivity index is 1.04. The van der Waals surface area contributed by atoms with Crippen LogP contribution in [0.3, 0.4) is 0 Å². The summed E-state index contributed by atoms with van der Waals surface area (Å²) in [6.07, 6.45) is 0.395. The molecule has 234 valence electrons. The molecule has 4 atom stereocenters. The second-order valence-corrected chi connectivity index (χ2v) is 11.5. The number of anilines is 1. The number of β-amino-alcohol motifs (C(OH)–C–C–N with tert-alkyl or cyclic N) is 1. The van der Waals surface area contributed by atoms with E-state index in [-0.39, 0.29) is 30.9 Å². The average Bonchev–Trinajstić information content (AvgIpc) is 3.49. The summed E-state index contributed by atoms with van der Waals surface area (Å²) in [4.78, 5) is 14.8. The number of aliphatic hydroxyl groups is 2. The van der Waals surface area contributed by atoms with Crippen molar-refractivity contribution in [3.63, 3.8) is 0 Å². The molecule has 0 saturated carbocycles. The molecule has 2 aliphatic rings. The smallest absolute Gasteiger partial charge is 0.319 e. The summed E-state index contributed by atoms with van der Waals surface area (Å²) in [6.45, 7) is 2.59. The maximum atomic E-state index is 12.6. The lowest BCUT2D eigenvalue weighted by atomic mass is 9.99. The molecule has 4 aromatic carbocycles. The van der Waals surface area contributed by atoms with Crippen molar-refractivity contribution in [2.24, 2.45) is 0 Å². The molecule has 4 aromatic rings. The molecule has 2 heterocycles. The first-order valence-electron chi connectivity index (χ1n) is 15.4. The van der Waals surface area contributed by atoms with E-state index in [2.05, 4.69) is 15.5 Å². The van der Waals surface area contributed by atoms with Gasteiger partial charge in [0.15, 0.2) is 6.29 Å². The molecule has 6 rings (SSSR count). The molecule has 0 aliphatic carbocycles. The first kappa shape index (κ1) is 30.8. The molecule has 0 radical (unpaired) electrons. The molecule has 2 saturated heterocycles. The third-order valence-corrected chi connectivity index (χ3v) is 8.12. The lowest BCUT2D eigenvalue weighted by Gasteiger charge is -2.37. The zero-order valence-corrected chi connectivity index (χ0v) is 25.0. The number of ether oxygens (including phenoxy) is 3. The van der Waals surface area contributed by atoms with Gasteiger partial charge in [-0.3, -0.25) is 4.90 Å². The Morgan fingerprint density at radius 3 is 2.22 bits per heavy atom. The van der Waals surface area contributed by atoms with Crippen molar-refractivity contribution in [3.8, 4) is 11.5 Å². The number of aliphatic hydroxyl groups excluding tert-OH is 2. The van der Waals surface area contributed by atoms with Crippen LogP contribution in [0.4, 0.5) is 10.5 Å². The second kappa shape index (κ2) is 14.7. The molecule has 0 bridgehead atoms. The number of para-hydroxylation sites is 1. The van der Waals surface area contributed by atoms with E-state index in [1.807, 2.05) is 91.0 Å². The van der Waals surface area contributed by atoms with Crippen LogP contribution in [0.5, 0.6) is 11.5 Å². The minimum absolute atomic E-state index is 0.00195. The molecule has 4 N–H and O–H groups in total. The molecule has 9 heteroatoms. The number of carbonyl (C=O) groups excluding carboxylic acids is 1. The molecule has 2 fully saturated rings. The third kappa shape index (κ3) is 8.48. The van der Waals surface area contributed by atoms with E-state index in [9.17, 15) is 15.0 Å². The highest BCUT2D eigenvalue weighted by atomic mass is 16.7. The van der Waals surface area contributed by atoms with Gasteiger partial charge in [-0.2, -0.15) is 0 Å². The minimum atomic E-state index is -0.557. The number of carbonyl (C=O) groups is 1. The van der Waals surface area contributed by atoms with E-state index < -0.39 is 6.29 Å². The highest BCUT2D eigenvalue weighted by Crippen LogP contribution is 2.38. The molecular weight excluding hydrogens is 570 g/mol. The first-order chi connectivity index (χ1) is 22.0. The number of amides is 2. The van der Waals surface area contributed by atoms with Crippen LogP contribution in [0, 0.1) is 0 Å². The normalized spacial score (nSPS) is 21.7. The highest BCUT2D eigenvalue weighted by molar-refractivity contribution is 5.89. The summed E-state index contributed by atoms with van der Waals surface area (Å²) in [5.74, 6) is 1.44. The van der Waals surface area contributed by atoms with E-state index in [0.29, 0.717) is 30.9 Å². The summed E-state index contributed by atoms with van der Waals surface area (Å²) in [6, 6.07) is 32.1. The van der Waals surface area contributed by atoms with E-state index in [1.165, 1.54) is 0 Å². The van der Waals surface area contributed by atoms with Crippen LogP contribution >= 0.6 is 0 Å². The Bertz CT molecular complexity index is 1520. The molecule has 9 nitrogen and oxygen atoms in total. The van der Waals surface area contributed by atoms with Crippen molar-refractivity contribution in [3.05, 3.63) is 125 Å². The summed E-state index contributed by atoms with van der Waals surface area (Å²) in [7, 11) is 0. The monoisotopic (exact) mass is 609 g/mol. The Labute approximate surface area is 263 Å². The third-order valence-electron chi connectivity index (χ3n) is 8.12. The van der Waals surface area contributed by atoms with Gasteiger partial charge in [0.1, 0.15) is 11.5 Å². The largest absolute Gasteiger partial charge is 0.457 e. The fourth-order valence-corrected chi connectivity index (χ4v) is 5.68. The van der Waals surface area contributed by atoms with Gasteiger partial charge in [0, 0.05) is 43.9 Å². The van der Waals surface area contributed by atoms with Crippen LogP contribution in [-0.2, 0) is 22.6 Å². The minimum Gasteiger partial charge on any atom is -0.457 e. The molecule has 2 amide bonds. The fourth-order valence-electron chi connectivity index (χ4n) is 5.68.